The molecule has 0 atom stereocenters. The summed E-state index contributed by atoms with van der Waals surface area (Å²) in [7, 11) is 0. The zero-order chi connectivity index (χ0) is 15.0. The fraction of sp³-hybridized carbons (Fsp3) is 0.167. The molecule has 2 aromatic carbocycles. The molecule has 0 fully saturated rings. The van der Waals surface area contributed by atoms with Crippen molar-refractivity contribution in [3.05, 3.63) is 70.4 Å². The van der Waals surface area contributed by atoms with Crippen molar-refractivity contribution in [2.45, 2.75) is 20.4 Å². The van der Waals surface area contributed by atoms with Gasteiger partial charge >= 0.3 is 0 Å². The normalized spacial score (nSPS) is 11.0. The van der Waals surface area contributed by atoms with Crippen LogP contribution in [0.25, 0.3) is 10.9 Å². The van der Waals surface area contributed by atoms with Crippen molar-refractivity contribution < 1.29 is 4.79 Å². The molecule has 0 N–H and O–H groups in total. The van der Waals surface area contributed by atoms with Gasteiger partial charge in [0.1, 0.15) is 5.15 Å². The van der Waals surface area contributed by atoms with Crippen LogP contribution in [0.4, 0.5) is 0 Å². The van der Waals surface area contributed by atoms with Crippen LogP contribution in [0.2, 0.25) is 5.15 Å². The third-order valence-corrected chi connectivity index (χ3v) is 4.08. The number of hydrogen-bond donors (Lipinski definition) is 0. The molecular formula is C18H16ClNO. The van der Waals surface area contributed by atoms with Gasteiger partial charge < -0.3 is 4.57 Å². The van der Waals surface area contributed by atoms with E-state index in [0.29, 0.717) is 17.3 Å². The number of carbonyl (C=O) groups is 1. The Morgan fingerprint density at radius 2 is 1.86 bits per heavy atom. The van der Waals surface area contributed by atoms with Gasteiger partial charge in [0.05, 0.1) is 11.1 Å². The molecule has 0 aliphatic heterocycles. The molecule has 0 amide bonds. The summed E-state index contributed by atoms with van der Waals surface area (Å²) in [5.74, 6) is 0.00223. The lowest BCUT2D eigenvalue weighted by atomic mass is 10.1. The van der Waals surface area contributed by atoms with E-state index in [1.807, 2.05) is 47.9 Å². The average molecular weight is 298 g/mol. The summed E-state index contributed by atoms with van der Waals surface area (Å²) in [6.45, 7) is 4.24. The number of Topliss-reactive ketones (excluding diaryl/α,β-unsaturated/α-hetero) is 1. The Morgan fingerprint density at radius 1 is 1.14 bits per heavy atom. The third kappa shape index (κ3) is 2.47. The van der Waals surface area contributed by atoms with E-state index in [0.717, 1.165) is 22.0 Å². The molecule has 0 aliphatic carbocycles. The average Bonchev–Trinajstić information content (AvgIpc) is 2.72. The molecule has 2 nitrogen and oxygen atoms in total. The van der Waals surface area contributed by atoms with Crippen molar-refractivity contribution in [3.63, 3.8) is 0 Å². The Morgan fingerprint density at radius 3 is 2.52 bits per heavy atom. The number of aromatic nitrogens is 1. The number of rotatable bonds is 3. The number of aryl methyl sites for hydroxylation is 1. The highest BCUT2D eigenvalue weighted by Crippen LogP contribution is 2.32. The lowest BCUT2D eigenvalue weighted by Crippen LogP contribution is -2.00. The standard InChI is InChI=1S/C18H16ClNO/c1-12-8-9-16-15(10-12)17(13(2)21)18(19)20(16)11-14-6-4-3-5-7-14/h3-10H,11H2,1-2H3. The lowest BCUT2D eigenvalue weighted by molar-refractivity contribution is 0.101. The molecule has 3 rings (SSSR count). The van der Waals surface area contributed by atoms with Crippen LogP contribution in [0.1, 0.15) is 28.4 Å². The van der Waals surface area contributed by atoms with Gasteiger partial charge in [0.25, 0.3) is 0 Å². The van der Waals surface area contributed by atoms with Gasteiger partial charge in [-0.3, -0.25) is 4.79 Å². The summed E-state index contributed by atoms with van der Waals surface area (Å²) >= 11 is 6.49. The second kappa shape index (κ2) is 5.38. The molecule has 1 heterocycles. The zero-order valence-corrected chi connectivity index (χ0v) is 12.8. The molecule has 3 heteroatoms. The highest BCUT2D eigenvalue weighted by molar-refractivity contribution is 6.35. The smallest absolute Gasteiger partial charge is 0.163 e. The number of nitrogens with zero attached hydrogens (tertiary/aromatic N) is 1. The number of benzene rings is 2. The molecule has 0 saturated carbocycles. The van der Waals surface area contributed by atoms with Gasteiger partial charge in [-0.25, -0.2) is 0 Å². The summed E-state index contributed by atoms with van der Waals surface area (Å²) in [4.78, 5) is 12.0. The molecule has 0 spiro atoms. The Kier molecular flexibility index (Phi) is 3.56. The van der Waals surface area contributed by atoms with Crippen LogP contribution in [0.15, 0.2) is 48.5 Å². The fourth-order valence-electron chi connectivity index (χ4n) is 2.69. The third-order valence-electron chi connectivity index (χ3n) is 3.69. The molecule has 0 saturated heterocycles. The first-order chi connectivity index (χ1) is 10.1. The second-order valence-corrected chi connectivity index (χ2v) is 5.67. The van der Waals surface area contributed by atoms with E-state index in [9.17, 15) is 4.79 Å². The van der Waals surface area contributed by atoms with Crippen LogP contribution in [0.3, 0.4) is 0 Å². The predicted molar refractivity (Wildman–Crippen MR) is 87.2 cm³/mol. The van der Waals surface area contributed by atoms with Crippen LogP contribution >= 0.6 is 11.6 Å². The minimum Gasteiger partial charge on any atom is -0.327 e. The topological polar surface area (TPSA) is 22.0 Å². The first-order valence-electron chi connectivity index (χ1n) is 6.91. The van der Waals surface area contributed by atoms with Crippen molar-refractivity contribution in [3.8, 4) is 0 Å². The van der Waals surface area contributed by atoms with Gasteiger partial charge in [-0.15, -0.1) is 0 Å². The van der Waals surface area contributed by atoms with E-state index in [2.05, 4.69) is 12.1 Å². The van der Waals surface area contributed by atoms with E-state index < -0.39 is 0 Å². The summed E-state index contributed by atoms with van der Waals surface area (Å²) < 4.78 is 2.00. The van der Waals surface area contributed by atoms with Gasteiger partial charge in [-0.05, 0) is 31.5 Å². The minimum atomic E-state index is 0.00223. The van der Waals surface area contributed by atoms with Crippen LogP contribution in [0, 0.1) is 6.92 Å². The number of fused-ring (bicyclic) bond motifs is 1. The van der Waals surface area contributed by atoms with Crippen molar-refractivity contribution in [2.75, 3.05) is 0 Å². The Labute approximate surface area is 129 Å². The van der Waals surface area contributed by atoms with E-state index in [4.69, 9.17) is 11.6 Å². The first-order valence-corrected chi connectivity index (χ1v) is 7.29. The SMILES string of the molecule is CC(=O)c1c(Cl)n(Cc2ccccc2)c2ccc(C)cc12. The highest BCUT2D eigenvalue weighted by atomic mass is 35.5. The van der Waals surface area contributed by atoms with Gasteiger partial charge in [0.2, 0.25) is 0 Å². The minimum absolute atomic E-state index is 0.00223. The van der Waals surface area contributed by atoms with E-state index in [1.165, 1.54) is 0 Å². The molecule has 1 aromatic heterocycles. The fourth-order valence-corrected chi connectivity index (χ4v) is 3.08. The monoisotopic (exact) mass is 297 g/mol. The molecule has 0 bridgehead atoms. The molecule has 0 radical (unpaired) electrons. The Balaban J connectivity index is 2.23. The van der Waals surface area contributed by atoms with Crippen LogP contribution in [-0.4, -0.2) is 10.4 Å². The van der Waals surface area contributed by atoms with Gasteiger partial charge in [0.15, 0.2) is 5.78 Å². The van der Waals surface area contributed by atoms with Crippen LogP contribution < -0.4 is 0 Å². The molecular weight excluding hydrogens is 282 g/mol. The summed E-state index contributed by atoms with van der Waals surface area (Å²) in [5, 5.41) is 1.45. The van der Waals surface area contributed by atoms with Crippen molar-refractivity contribution >= 4 is 28.3 Å². The van der Waals surface area contributed by atoms with Gasteiger partial charge in [-0.1, -0.05) is 53.6 Å². The molecule has 3 aromatic rings. The van der Waals surface area contributed by atoms with Gasteiger partial charge in [0, 0.05) is 11.9 Å². The van der Waals surface area contributed by atoms with Crippen LogP contribution in [0.5, 0.6) is 0 Å². The number of hydrogen-bond acceptors (Lipinski definition) is 1. The largest absolute Gasteiger partial charge is 0.327 e. The summed E-state index contributed by atoms with van der Waals surface area (Å²) in [6, 6.07) is 16.2. The predicted octanol–water partition coefficient (Wildman–Crippen LogP) is 4.85. The first kappa shape index (κ1) is 13.9. The maximum atomic E-state index is 12.0. The molecule has 106 valence electrons. The number of ketones is 1. The van der Waals surface area contributed by atoms with Gasteiger partial charge in [-0.2, -0.15) is 0 Å². The van der Waals surface area contributed by atoms with E-state index in [-0.39, 0.29) is 5.78 Å². The van der Waals surface area contributed by atoms with Crippen LogP contribution in [-0.2, 0) is 6.54 Å². The zero-order valence-electron chi connectivity index (χ0n) is 12.1. The molecule has 21 heavy (non-hydrogen) atoms. The maximum Gasteiger partial charge on any atom is 0.163 e. The van der Waals surface area contributed by atoms with Crippen molar-refractivity contribution in [2.24, 2.45) is 0 Å². The quantitative estimate of drug-likeness (QED) is 0.633. The molecule has 0 aliphatic rings. The van der Waals surface area contributed by atoms with Crippen molar-refractivity contribution in [1.29, 1.82) is 0 Å². The van der Waals surface area contributed by atoms with E-state index in [1.54, 1.807) is 6.92 Å². The number of halogens is 1. The molecule has 0 unspecified atom stereocenters. The van der Waals surface area contributed by atoms with E-state index >= 15 is 0 Å². The Hall–Kier alpha value is -2.06. The number of carbonyl (C=O) groups excluding carboxylic acids is 1. The maximum absolute atomic E-state index is 12.0. The Bertz CT molecular complexity index is 818. The van der Waals surface area contributed by atoms with Crippen molar-refractivity contribution in [1.82, 2.24) is 4.57 Å². The second-order valence-electron chi connectivity index (χ2n) is 5.31. The highest BCUT2D eigenvalue weighted by Gasteiger charge is 2.18. The summed E-state index contributed by atoms with van der Waals surface area (Å²) in [6.07, 6.45) is 0. The lowest BCUT2D eigenvalue weighted by Gasteiger charge is -2.07. The summed E-state index contributed by atoms with van der Waals surface area (Å²) in [5.41, 5.74) is 3.90.